The van der Waals surface area contributed by atoms with Crippen molar-refractivity contribution < 1.29 is 14.7 Å². The molecule has 2 unspecified atom stereocenters. The second-order valence-corrected chi connectivity index (χ2v) is 9.78. The molecule has 2 aromatic heterocycles. The predicted molar refractivity (Wildman–Crippen MR) is 133 cm³/mol. The topological polar surface area (TPSA) is 91.3 Å². The van der Waals surface area contributed by atoms with Crippen LogP contribution in [0.1, 0.15) is 47.6 Å². The Labute approximate surface area is 202 Å². The number of ketones is 1. The number of pyridine rings is 1. The summed E-state index contributed by atoms with van der Waals surface area (Å²) in [5, 5.41) is 18.1. The van der Waals surface area contributed by atoms with Crippen LogP contribution < -0.4 is 10.6 Å². The van der Waals surface area contributed by atoms with Gasteiger partial charge in [0.05, 0.1) is 0 Å². The Morgan fingerprint density at radius 1 is 1.12 bits per heavy atom. The summed E-state index contributed by atoms with van der Waals surface area (Å²) in [7, 11) is 0. The van der Waals surface area contributed by atoms with Crippen LogP contribution in [0.3, 0.4) is 0 Å². The molecule has 3 N–H and O–H groups in total. The molecule has 3 aromatic rings. The first-order valence-electron chi connectivity index (χ1n) is 11.2. The number of thiophene rings is 1. The Morgan fingerprint density at radius 2 is 1.91 bits per heavy atom. The minimum Gasteiger partial charge on any atom is -0.508 e. The summed E-state index contributed by atoms with van der Waals surface area (Å²) in [4.78, 5) is 32.6. The molecule has 0 fully saturated rings. The average Bonchev–Trinajstić information content (AvgIpc) is 3.35. The first-order chi connectivity index (χ1) is 16.4. The average molecular weight is 472 g/mol. The van der Waals surface area contributed by atoms with Crippen molar-refractivity contribution in [3.8, 4) is 5.75 Å². The van der Waals surface area contributed by atoms with Crippen molar-refractivity contribution in [3.05, 3.63) is 98.7 Å². The molecule has 0 bridgehead atoms. The Morgan fingerprint density at radius 3 is 2.59 bits per heavy atom. The van der Waals surface area contributed by atoms with Crippen molar-refractivity contribution in [3.63, 3.8) is 0 Å². The van der Waals surface area contributed by atoms with Gasteiger partial charge in [-0.2, -0.15) is 0 Å². The Bertz CT molecular complexity index is 1310. The summed E-state index contributed by atoms with van der Waals surface area (Å²) in [6, 6.07) is 14.5. The van der Waals surface area contributed by atoms with Crippen LogP contribution in [0.4, 0.5) is 5.82 Å². The number of aromatic nitrogens is 1. The minimum atomic E-state index is -0.529. The lowest BCUT2D eigenvalue weighted by atomic mass is 9.72. The van der Waals surface area contributed by atoms with Gasteiger partial charge in [-0.1, -0.05) is 24.3 Å². The molecule has 0 radical (unpaired) electrons. The number of rotatable bonds is 4. The Hall–Kier alpha value is -3.71. The van der Waals surface area contributed by atoms with E-state index in [1.54, 1.807) is 47.9 Å². The van der Waals surface area contributed by atoms with Crippen LogP contribution in [0.5, 0.6) is 5.75 Å². The summed E-state index contributed by atoms with van der Waals surface area (Å²) in [5.74, 6) is -0.0862. The smallest absolute Gasteiger partial charge is 0.255 e. The number of hydrogen-bond donors (Lipinski definition) is 3. The summed E-state index contributed by atoms with van der Waals surface area (Å²) in [6.07, 6.45) is 2.81. The highest BCUT2D eigenvalue weighted by Crippen LogP contribution is 2.46. The number of carbonyl (C=O) groups excluding carboxylic acids is 2. The quantitative estimate of drug-likeness (QED) is 0.489. The van der Waals surface area contributed by atoms with E-state index in [2.05, 4.69) is 21.7 Å². The van der Waals surface area contributed by atoms with Crippen molar-refractivity contribution in [2.45, 2.75) is 38.5 Å². The number of nitrogens with zero attached hydrogens (tertiary/aromatic N) is 1. The zero-order valence-corrected chi connectivity index (χ0v) is 19.8. The number of phenolic OH excluding ortho intramolecular Hbond substituents is 1. The largest absolute Gasteiger partial charge is 0.508 e. The van der Waals surface area contributed by atoms with Gasteiger partial charge in [0, 0.05) is 51.9 Å². The van der Waals surface area contributed by atoms with Crippen LogP contribution in [0.25, 0.3) is 0 Å². The van der Waals surface area contributed by atoms with E-state index in [0.717, 1.165) is 16.8 Å². The third kappa shape index (κ3) is 4.15. The number of dihydropyridines is 1. The molecule has 3 heterocycles. The zero-order chi connectivity index (χ0) is 23.8. The lowest BCUT2D eigenvalue weighted by Crippen LogP contribution is -2.37. The fraction of sp³-hybridized carbons (Fsp3) is 0.222. The molecule has 0 saturated carbocycles. The molecule has 2 aliphatic rings. The molecule has 1 amide bonds. The summed E-state index contributed by atoms with van der Waals surface area (Å²) >= 11 is 1.66. The molecule has 172 valence electrons. The van der Waals surface area contributed by atoms with E-state index in [9.17, 15) is 14.7 Å². The summed E-state index contributed by atoms with van der Waals surface area (Å²) in [5.41, 5.74) is 4.48. The van der Waals surface area contributed by atoms with Crippen LogP contribution in [0.15, 0.2) is 82.6 Å². The Balaban J connectivity index is 1.55. The molecule has 0 spiro atoms. The van der Waals surface area contributed by atoms with E-state index in [4.69, 9.17) is 0 Å². The van der Waals surface area contributed by atoms with Crippen molar-refractivity contribution in [1.82, 2.24) is 10.3 Å². The monoisotopic (exact) mass is 471 g/mol. The van der Waals surface area contributed by atoms with E-state index in [0.29, 0.717) is 35.5 Å². The number of phenols is 1. The number of allylic oxidation sites excluding steroid dienone is 3. The number of benzene rings is 1. The second-order valence-electron chi connectivity index (χ2n) is 8.80. The highest BCUT2D eigenvalue weighted by Gasteiger charge is 2.41. The number of nitrogens with one attached hydrogen (secondary N) is 2. The van der Waals surface area contributed by atoms with Gasteiger partial charge in [-0.25, -0.2) is 4.98 Å². The number of hydrogen-bond acceptors (Lipinski definition) is 6. The second kappa shape index (κ2) is 8.91. The van der Waals surface area contributed by atoms with Gasteiger partial charge in [-0.15, -0.1) is 11.3 Å². The van der Waals surface area contributed by atoms with Crippen LogP contribution in [0, 0.1) is 6.92 Å². The van der Waals surface area contributed by atoms with Crippen molar-refractivity contribution in [2.24, 2.45) is 0 Å². The van der Waals surface area contributed by atoms with Crippen molar-refractivity contribution in [1.29, 1.82) is 0 Å². The fourth-order valence-electron chi connectivity index (χ4n) is 4.79. The maximum Gasteiger partial charge on any atom is 0.255 e. The summed E-state index contributed by atoms with van der Waals surface area (Å²) in [6.45, 7) is 3.80. The van der Waals surface area contributed by atoms with Gasteiger partial charge in [0.2, 0.25) is 0 Å². The fourth-order valence-corrected chi connectivity index (χ4v) is 5.62. The highest BCUT2D eigenvalue weighted by molar-refractivity contribution is 7.10. The normalized spacial score (nSPS) is 20.1. The maximum absolute atomic E-state index is 13.5. The van der Waals surface area contributed by atoms with Gasteiger partial charge < -0.3 is 15.7 Å². The zero-order valence-electron chi connectivity index (χ0n) is 19.0. The third-order valence-electron chi connectivity index (χ3n) is 6.40. The van der Waals surface area contributed by atoms with E-state index < -0.39 is 5.92 Å². The van der Waals surface area contributed by atoms with Gasteiger partial charge >= 0.3 is 0 Å². The van der Waals surface area contributed by atoms with E-state index in [-0.39, 0.29) is 23.4 Å². The maximum atomic E-state index is 13.5. The van der Waals surface area contributed by atoms with Gasteiger partial charge in [0.1, 0.15) is 11.6 Å². The molecular weight excluding hydrogens is 446 g/mol. The number of aromatic hydroxyl groups is 1. The van der Waals surface area contributed by atoms with Crippen molar-refractivity contribution >= 4 is 28.8 Å². The third-order valence-corrected chi connectivity index (χ3v) is 7.43. The molecule has 34 heavy (non-hydrogen) atoms. The SMILES string of the molecule is CC1=C(C(=O)Nc2ccc(C)cn2)C(c2ccc(O)cc2)C2=C(CC(c3cccs3)CC2=O)N1. The standard InChI is InChI=1S/C27H25N3O3S/c1-15-5-10-23(28-14-15)30-27(33)24-16(2)29-20-12-18(22-4-3-11-34-22)13-21(32)26(20)25(24)17-6-8-19(31)9-7-17/h3-11,14,18,25,29,31H,12-13H2,1-2H3,(H,28,30,33). The molecule has 5 rings (SSSR count). The van der Waals surface area contributed by atoms with Crippen LogP contribution in [-0.2, 0) is 9.59 Å². The molecule has 7 heteroatoms. The number of Topliss-reactive ketones (excluding diaryl/α,β-unsaturated/α-hetero) is 1. The minimum absolute atomic E-state index is 0.0384. The lowest BCUT2D eigenvalue weighted by Gasteiger charge is -2.36. The Kier molecular flexibility index (Phi) is 5.79. The molecule has 2 atom stereocenters. The molecule has 1 aliphatic heterocycles. The molecule has 6 nitrogen and oxygen atoms in total. The van der Waals surface area contributed by atoms with Gasteiger partial charge in [0.25, 0.3) is 5.91 Å². The summed E-state index contributed by atoms with van der Waals surface area (Å²) < 4.78 is 0. The molecular formula is C27H25N3O3S. The van der Waals surface area contributed by atoms with Crippen LogP contribution in [-0.4, -0.2) is 21.8 Å². The van der Waals surface area contributed by atoms with E-state index in [1.807, 2.05) is 31.4 Å². The van der Waals surface area contributed by atoms with Gasteiger partial charge in [0.15, 0.2) is 5.78 Å². The first kappa shape index (κ1) is 22.1. The molecule has 1 aliphatic carbocycles. The molecule has 1 aromatic carbocycles. The number of aryl methyl sites for hydroxylation is 1. The predicted octanol–water partition coefficient (Wildman–Crippen LogP) is 5.16. The first-order valence-corrected chi connectivity index (χ1v) is 12.1. The van der Waals surface area contributed by atoms with E-state index >= 15 is 0 Å². The number of anilines is 1. The van der Waals surface area contributed by atoms with Crippen molar-refractivity contribution in [2.75, 3.05) is 5.32 Å². The lowest BCUT2D eigenvalue weighted by molar-refractivity contribution is -0.116. The van der Waals surface area contributed by atoms with Crippen LogP contribution >= 0.6 is 11.3 Å². The highest BCUT2D eigenvalue weighted by atomic mass is 32.1. The number of carbonyl (C=O) groups is 2. The van der Waals surface area contributed by atoms with Crippen LogP contribution in [0.2, 0.25) is 0 Å². The molecule has 0 saturated heterocycles. The van der Waals surface area contributed by atoms with Gasteiger partial charge in [-0.05, 0) is 61.0 Å². The number of amides is 1. The van der Waals surface area contributed by atoms with Gasteiger partial charge in [-0.3, -0.25) is 9.59 Å². The van der Waals surface area contributed by atoms with E-state index in [1.165, 1.54) is 4.88 Å².